The fraction of sp³-hybridized carbons (Fsp3) is 0.417. The average Bonchev–Trinajstić information content (AvgIpc) is 2.38. The third-order valence-corrected chi connectivity index (χ3v) is 3.18. The van der Waals surface area contributed by atoms with Gasteiger partial charge in [0.05, 0.1) is 12.1 Å². The minimum absolute atomic E-state index is 0.0310. The Hall–Kier alpha value is -1.12. The van der Waals surface area contributed by atoms with Crippen LogP contribution in [0.2, 0.25) is 0 Å². The van der Waals surface area contributed by atoms with Crippen molar-refractivity contribution in [3.05, 3.63) is 33.8 Å². The number of methoxy groups -OCH3 is 2. The number of hydrogen-bond acceptors (Lipinski definition) is 3. The highest BCUT2D eigenvalue weighted by Gasteiger charge is 2.33. The van der Waals surface area contributed by atoms with Crippen molar-refractivity contribution >= 4 is 21.8 Å². The molecule has 0 aromatic heterocycles. The molecule has 0 aliphatic rings. The molecule has 0 unspecified atom stereocenters. The lowest BCUT2D eigenvalue weighted by Crippen LogP contribution is -2.34. The van der Waals surface area contributed by atoms with E-state index in [1.165, 1.54) is 26.4 Å². The highest BCUT2D eigenvalue weighted by molar-refractivity contribution is 9.10. The van der Waals surface area contributed by atoms with E-state index in [-0.39, 0.29) is 16.6 Å². The Balaban J connectivity index is 2.84. The number of nitrogens with one attached hydrogen (secondary N) is 1. The number of alkyl halides is 3. The van der Waals surface area contributed by atoms with Gasteiger partial charge in [-0.25, -0.2) is 0 Å². The minimum Gasteiger partial charge on any atom is -0.354 e. The maximum atomic E-state index is 12.7. The Morgan fingerprint density at radius 2 is 1.95 bits per heavy atom. The van der Waals surface area contributed by atoms with Gasteiger partial charge in [0, 0.05) is 24.3 Å². The molecule has 0 fully saturated rings. The van der Waals surface area contributed by atoms with Crippen LogP contribution in [0.4, 0.5) is 13.2 Å². The highest BCUT2D eigenvalue weighted by atomic mass is 79.9. The monoisotopic (exact) mass is 355 g/mol. The molecule has 0 bridgehead atoms. The summed E-state index contributed by atoms with van der Waals surface area (Å²) in [7, 11) is 2.78. The van der Waals surface area contributed by atoms with Crippen molar-refractivity contribution < 1.29 is 27.4 Å². The number of benzene rings is 1. The molecule has 1 aromatic carbocycles. The number of halogens is 4. The van der Waals surface area contributed by atoms with Crippen LogP contribution in [0.5, 0.6) is 0 Å². The second-order valence-electron chi connectivity index (χ2n) is 3.80. The number of carbonyl (C=O) groups is 1. The molecule has 0 spiro atoms. The summed E-state index contributed by atoms with van der Waals surface area (Å²) in [6.07, 6.45) is -5.19. The number of carbonyl (C=O) groups excluding carboxylic acids is 1. The lowest BCUT2D eigenvalue weighted by molar-refractivity contribution is -0.138. The van der Waals surface area contributed by atoms with Gasteiger partial charge in [0.2, 0.25) is 0 Å². The standard InChI is InChI=1S/C12H13BrF3NO3/c1-19-10(20-2)6-17-11(18)7-3-4-9(13)8(5-7)12(14,15)16/h3-5,10H,6H2,1-2H3,(H,17,18). The van der Waals surface area contributed by atoms with E-state index in [2.05, 4.69) is 21.2 Å². The maximum Gasteiger partial charge on any atom is 0.417 e. The van der Waals surface area contributed by atoms with Gasteiger partial charge in [-0.2, -0.15) is 13.2 Å². The third-order valence-electron chi connectivity index (χ3n) is 2.49. The number of hydrogen-bond donors (Lipinski definition) is 1. The van der Waals surface area contributed by atoms with Crippen LogP contribution in [-0.2, 0) is 15.7 Å². The summed E-state index contributed by atoms with van der Waals surface area (Å²) in [6.45, 7) is 0.0310. The summed E-state index contributed by atoms with van der Waals surface area (Å²) in [5, 5.41) is 2.43. The predicted molar refractivity (Wildman–Crippen MR) is 69.3 cm³/mol. The summed E-state index contributed by atoms with van der Waals surface area (Å²) >= 11 is 2.81. The third kappa shape index (κ3) is 4.46. The lowest BCUT2D eigenvalue weighted by atomic mass is 10.1. The normalized spacial score (nSPS) is 11.8. The molecule has 0 saturated carbocycles. The van der Waals surface area contributed by atoms with Crippen LogP contribution in [-0.4, -0.2) is 33.0 Å². The molecule has 0 aliphatic carbocycles. The van der Waals surface area contributed by atoms with E-state index in [1.807, 2.05) is 0 Å². The van der Waals surface area contributed by atoms with Crippen LogP contribution in [0.1, 0.15) is 15.9 Å². The van der Waals surface area contributed by atoms with E-state index in [0.717, 1.165) is 6.07 Å². The summed E-state index contributed by atoms with van der Waals surface area (Å²) in [5.41, 5.74) is -0.994. The molecule has 1 amide bonds. The molecule has 1 rings (SSSR count). The van der Waals surface area contributed by atoms with Gasteiger partial charge in [-0.1, -0.05) is 15.9 Å². The molecule has 0 heterocycles. The van der Waals surface area contributed by atoms with Gasteiger partial charge in [-0.15, -0.1) is 0 Å². The van der Waals surface area contributed by atoms with Crippen molar-refractivity contribution in [1.82, 2.24) is 5.32 Å². The van der Waals surface area contributed by atoms with Gasteiger partial charge < -0.3 is 14.8 Å². The Morgan fingerprint density at radius 3 is 2.45 bits per heavy atom. The Labute approximate surface area is 122 Å². The first-order valence-electron chi connectivity index (χ1n) is 5.50. The topological polar surface area (TPSA) is 47.6 Å². The molecule has 0 atom stereocenters. The van der Waals surface area contributed by atoms with Crippen molar-refractivity contribution in [3.63, 3.8) is 0 Å². The van der Waals surface area contributed by atoms with E-state index >= 15 is 0 Å². The van der Waals surface area contributed by atoms with Crippen molar-refractivity contribution in [2.24, 2.45) is 0 Å². The van der Waals surface area contributed by atoms with E-state index in [4.69, 9.17) is 9.47 Å². The number of ether oxygens (including phenoxy) is 2. The van der Waals surface area contributed by atoms with Crippen molar-refractivity contribution in [1.29, 1.82) is 0 Å². The van der Waals surface area contributed by atoms with Gasteiger partial charge in [0.25, 0.3) is 5.91 Å². The fourth-order valence-electron chi connectivity index (χ4n) is 1.42. The predicted octanol–water partition coefficient (Wildman–Crippen LogP) is 2.82. The molecule has 8 heteroatoms. The summed E-state index contributed by atoms with van der Waals surface area (Å²) in [4.78, 5) is 11.8. The highest BCUT2D eigenvalue weighted by Crippen LogP contribution is 2.35. The zero-order chi connectivity index (χ0) is 15.3. The van der Waals surface area contributed by atoms with Crippen LogP contribution in [0.15, 0.2) is 22.7 Å². The smallest absolute Gasteiger partial charge is 0.354 e. The molecular formula is C12H13BrF3NO3. The van der Waals surface area contributed by atoms with E-state index in [9.17, 15) is 18.0 Å². The quantitative estimate of drug-likeness (QED) is 0.826. The Morgan fingerprint density at radius 1 is 1.35 bits per heavy atom. The van der Waals surface area contributed by atoms with Crippen LogP contribution in [0.25, 0.3) is 0 Å². The van der Waals surface area contributed by atoms with Gasteiger partial charge >= 0.3 is 6.18 Å². The molecule has 1 aromatic rings. The Kier molecular flexibility index (Phi) is 5.97. The zero-order valence-electron chi connectivity index (χ0n) is 10.8. The van der Waals surface area contributed by atoms with Gasteiger partial charge in [0.1, 0.15) is 0 Å². The van der Waals surface area contributed by atoms with Crippen molar-refractivity contribution in [2.45, 2.75) is 12.5 Å². The summed E-state index contributed by atoms with van der Waals surface area (Å²) in [6, 6.07) is 3.26. The van der Waals surface area contributed by atoms with Crippen LogP contribution < -0.4 is 5.32 Å². The van der Waals surface area contributed by atoms with Gasteiger partial charge in [-0.3, -0.25) is 4.79 Å². The van der Waals surface area contributed by atoms with E-state index in [0.29, 0.717) is 0 Å². The van der Waals surface area contributed by atoms with E-state index < -0.39 is 23.9 Å². The lowest BCUT2D eigenvalue weighted by Gasteiger charge is -2.15. The molecule has 0 radical (unpaired) electrons. The molecule has 112 valence electrons. The summed E-state index contributed by atoms with van der Waals surface area (Å²) < 4.78 is 47.7. The molecular weight excluding hydrogens is 343 g/mol. The second-order valence-corrected chi connectivity index (χ2v) is 4.66. The number of amides is 1. The average molecular weight is 356 g/mol. The molecule has 4 nitrogen and oxygen atoms in total. The first-order chi connectivity index (χ1) is 9.29. The number of rotatable bonds is 5. The van der Waals surface area contributed by atoms with Gasteiger partial charge in [-0.05, 0) is 18.2 Å². The van der Waals surface area contributed by atoms with Gasteiger partial charge in [0.15, 0.2) is 6.29 Å². The largest absolute Gasteiger partial charge is 0.417 e. The van der Waals surface area contributed by atoms with Crippen LogP contribution in [0.3, 0.4) is 0 Å². The minimum atomic E-state index is -4.53. The van der Waals surface area contributed by atoms with Crippen LogP contribution >= 0.6 is 15.9 Å². The summed E-state index contributed by atoms with van der Waals surface area (Å²) in [5.74, 6) is -0.637. The van der Waals surface area contributed by atoms with Crippen molar-refractivity contribution in [2.75, 3.05) is 20.8 Å². The second kappa shape index (κ2) is 7.05. The van der Waals surface area contributed by atoms with Crippen LogP contribution in [0, 0.1) is 0 Å². The maximum absolute atomic E-state index is 12.7. The first-order valence-corrected chi connectivity index (χ1v) is 6.29. The zero-order valence-corrected chi connectivity index (χ0v) is 12.3. The van der Waals surface area contributed by atoms with E-state index in [1.54, 1.807) is 0 Å². The molecule has 1 N–H and O–H groups in total. The molecule has 0 aliphatic heterocycles. The Bertz CT molecular complexity index is 476. The SMILES string of the molecule is COC(CNC(=O)c1ccc(Br)c(C(F)(F)F)c1)OC. The molecule has 20 heavy (non-hydrogen) atoms. The molecule has 0 saturated heterocycles. The first kappa shape index (κ1) is 16.9. The fourth-order valence-corrected chi connectivity index (χ4v) is 1.90. The van der Waals surface area contributed by atoms with Crippen molar-refractivity contribution in [3.8, 4) is 0 Å².